The van der Waals surface area contributed by atoms with Crippen LogP contribution < -0.4 is 30.2 Å². The van der Waals surface area contributed by atoms with Crippen LogP contribution in [-0.4, -0.2) is 55.6 Å². The van der Waals surface area contributed by atoms with Crippen molar-refractivity contribution in [3.63, 3.8) is 0 Å². The number of ether oxygens (including phenoxy) is 3. The summed E-state index contributed by atoms with van der Waals surface area (Å²) in [4.78, 5) is 50.9. The molecule has 3 N–H and O–H groups in total. The number of urea groups is 2. The van der Waals surface area contributed by atoms with Gasteiger partial charge in [-0.25, -0.2) is 9.59 Å². The van der Waals surface area contributed by atoms with Crippen molar-refractivity contribution in [1.82, 2.24) is 15.5 Å². The number of benzene rings is 2. The minimum atomic E-state index is -1.41. The van der Waals surface area contributed by atoms with E-state index >= 15 is 0 Å². The Morgan fingerprint density at radius 1 is 1.09 bits per heavy atom. The highest BCUT2D eigenvalue weighted by atomic mass is 16.5. The van der Waals surface area contributed by atoms with E-state index in [0.29, 0.717) is 41.7 Å². The lowest BCUT2D eigenvalue weighted by Gasteiger charge is -2.23. The molecule has 2 aromatic rings. The third-order valence-electron chi connectivity index (χ3n) is 5.50. The van der Waals surface area contributed by atoms with Gasteiger partial charge in [-0.15, -0.1) is 0 Å². The van der Waals surface area contributed by atoms with Crippen molar-refractivity contribution in [2.45, 2.75) is 18.9 Å². The molecule has 2 aromatic carbocycles. The van der Waals surface area contributed by atoms with Crippen molar-refractivity contribution in [3.05, 3.63) is 48.0 Å². The molecule has 2 aliphatic rings. The molecule has 2 heterocycles. The van der Waals surface area contributed by atoms with E-state index in [-0.39, 0.29) is 0 Å². The third-order valence-corrected chi connectivity index (χ3v) is 5.50. The summed E-state index contributed by atoms with van der Waals surface area (Å²) >= 11 is 0. The number of hydrogen-bond acceptors (Lipinski definition) is 7. The maximum absolute atomic E-state index is 13.1. The quantitative estimate of drug-likeness (QED) is 0.571. The fraction of sp³-hybridized carbons (Fsp3) is 0.304. The van der Waals surface area contributed by atoms with E-state index in [1.54, 1.807) is 49.4 Å². The maximum Gasteiger partial charge on any atom is 0.325 e. The Labute approximate surface area is 195 Å². The average molecular weight is 468 g/mol. The van der Waals surface area contributed by atoms with Crippen LogP contribution in [0.3, 0.4) is 0 Å². The number of carbonyl (C=O) groups excluding carboxylic acids is 4. The molecule has 6 amide bonds. The number of fused-ring (bicyclic) bond motifs is 1. The van der Waals surface area contributed by atoms with Gasteiger partial charge in [0.15, 0.2) is 11.5 Å². The lowest BCUT2D eigenvalue weighted by Crippen LogP contribution is -2.45. The van der Waals surface area contributed by atoms with Gasteiger partial charge in [-0.1, -0.05) is 6.07 Å². The van der Waals surface area contributed by atoms with Crippen LogP contribution in [0.25, 0.3) is 0 Å². The molecule has 2 aliphatic heterocycles. The van der Waals surface area contributed by atoms with Gasteiger partial charge in [0.25, 0.3) is 5.91 Å². The molecule has 0 spiro atoms. The summed E-state index contributed by atoms with van der Waals surface area (Å²) in [5.41, 5.74) is -0.494. The van der Waals surface area contributed by atoms with Crippen LogP contribution >= 0.6 is 0 Å². The highest BCUT2D eigenvalue weighted by Gasteiger charge is 2.49. The fourth-order valence-corrected chi connectivity index (χ4v) is 3.66. The topological polar surface area (TPSA) is 135 Å². The number of hydrogen-bond donors (Lipinski definition) is 3. The zero-order valence-corrected chi connectivity index (χ0v) is 18.7. The van der Waals surface area contributed by atoms with Crippen molar-refractivity contribution in [3.8, 4) is 17.2 Å². The van der Waals surface area contributed by atoms with E-state index in [0.717, 1.165) is 11.3 Å². The zero-order valence-electron chi connectivity index (χ0n) is 18.7. The number of rotatable bonds is 5. The molecule has 1 saturated heterocycles. The van der Waals surface area contributed by atoms with Gasteiger partial charge in [-0.05, 0) is 48.9 Å². The minimum Gasteiger partial charge on any atom is -0.497 e. The molecule has 0 aliphatic carbocycles. The predicted molar refractivity (Wildman–Crippen MR) is 120 cm³/mol. The molecular formula is C23H24N4O7. The summed E-state index contributed by atoms with van der Waals surface area (Å²) in [6.07, 6.45) is 0.728. The van der Waals surface area contributed by atoms with Gasteiger partial charge < -0.3 is 24.8 Å². The van der Waals surface area contributed by atoms with Gasteiger partial charge in [0.2, 0.25) is 5.91 Å². The first kappa shape index (κ1) is 22.9. The molecule has 0 unspecified atom stereocenters. The Morgan fingerprint density at radius 2 is 1.79 bits per heavy atom. The van der Waals surface area contributed by atoms with Crippen LogP contribution in [0, 0.1) is 0 Å². The van der Waals surface area contributed by atoms with Crippen LogP contribution in [0.15, 0.2) is 42.5 Å². The lowest BCUT2D eigenvalue weighted by atomic mass is 9.91. The summed E-state index contributed by atoms with van der Waals surface area (Å²) in [5, 5.41) is 7.23. The molecule has 4 rings (SSSR count). The highest BCUT2D eigenvalue weighted by molar-refractivity contribution is 6.10. The van der Waals surface area contributed by atoms with Crippen LogP contribution in [-0.2, 0) is 15.1 Å². The number of carbonyl (C=O) groups is 4. The lowest BCUT2D eigenvalue weighted by molar-refractivity contribution is -0.134. The van der Waals surface area contributed by atoms with Crippen molar-refractivity contribution in [2.24, 2.45) is 0 Å². The van der Waals surface area contributed by atoms with Crippen molar-refractivity contribution < 1.29 is 33.4 Å². The molecule has 11 heteroatoms. The summed E-state index contributed by atoms with van der Waals surface area (Å²) < 4.78 is 16.3. The average Bonchev–Trinajstić information content (AvgIpc) is 2.98. The zero-order chi connectivity index (χ0) is 24.3. The van der Waals surface area contributed by atoms with Crippen LogP contribution in [0.1, 0.15) is 18.9 Å². The van der Waals surface area contributed by atoms with Crippen LogP contribution in [0.5, 0.6) is 17.2 Å². The number of nitrogens with one attached hydrogen (secondary N) is 3. The van der Waals surface area contributed by atoms with Gasteiger partial charge >= 0.3 is 12.1 Å². The van der Waals surface area contributed by atoms with Gasteiger partial charge in [0, 0.05) is 12.1 Å². The Balaban J connectivity index is 1.40. The normalized spacial score (nSPS) is 19.2. The summed E-state index contributed by atoms with van der Waals surface area (Å²) in [6.45, 7) is 1.91. The predicted octanol–water partition coefficient (Wildman–Crippen LogP) is 1.97. The molecule has 34 heavy (non-hydrogen) atoms. The fourth-order valence-electron chi connectivity index (χ4n) is 3.66. The summed E-state index contributed by atoms with van der Waals surface area (Å²) in [7, 11) is 1.52. The van der Waals surface area contributed by atoms with Crippen molar-refractivity contribution in [1.29, 1.82) is 0 Å². The van der Waals surface area contributed by atoms with Gasteiger partial charge in [0.05, 0.1) is 20.3 Å². The molecule has 1 fully saturated rings. The third kappa shape index (κ3) is 4.58. The number of amides is 6. The van der Waals surface area contributed by atoms with Crippen molar-refractivity contribution in [2.75, 3.05) is 32.2 Å². The molecule has 11 nitrogen and oxygen atoms in total. The standard InChI is InChI=1S/C23H24N4O7/c1-23(14-4-9-17-18(12-14)34-11-3-10-33-17)20(29)27(22(31)26-23)13-19(28)25-21(30)24-15-5-7-16(32-2)8-6-15/h4-9,12H,3,10-11,13H2,1-2H3,(H,26,31)(H2,24,25,28,30)/t23-/m0/s1. The second-order valence-electron chi connectivity index (χ2n) is 7.89. The largest absolute Gasteiger partial charge is 0.497 e. The number of imide groups is 2. The van der Waals surface area contributed by atoms with Crippen LogP contribution in [0.2, 0.25) is 0 Å². The van der Waals surface area contributed by atoms with Crippen molar-refractivity contribution >= 4 is 29.6 Å². The Morgan fingerprint density at radius 3 is 2.50 bits per heavy atom. The van der Waals surface area contributed by atoms with E-state index in [2.05, 4.69) is 16.0 Å². The second-order valence-corrected chi connectivity index (χ2v) is 7.89. The molecule has 178 valence electrons. The molecular weight excluding hydrogens is 444 g/mol. The Bertz CT molecular complexity index is 1130. The number of anilines is 1. The summed E-state index contributed by atoms with van der Waals surface area (Å²) in [6, 6.07) is 9.93. The van der Waals surface area contributed by atoms with E-state index in [1.165, 1.54) is 7.11 Å². The summed E-state index contributed by atoms with van der Waals surface area (Å²) in [5.74, 6) is 0.192. The maximum atomic E-state index is 13.1. The van der Waals surface area contributed by atoms with Crippen LogP contribution in [0.4, 0.5) is 15.3 Å². The molecule has 0 bridgehead atoms. The smallest absolute Gasteiger partial charge is 0.325 e. The Kier molecular flexibility index (Phi) is 6.26. The van der Waals surface area contributed by atoms with E-state index in [4.69, 9.17) is 14.2 Å². The van der Waals surface area contributed by atoms with E-state index < -0.39 is 36.0 Å². The SMILES string of the molecule is COc1ccc(NC(=O)NC(=O)CN2C(=O)N[C@@](C)(c3ccc4c(c3)OCCCO4)C2=O)cc1. The van der Waals surface area contributed by atoms with Gasteiger partial charge in [-0.2, -0.15) is 0 Å². The molecule has 0 saturated carbocycles. The molecule has 0 aromatic heterocycles. The first-order valence-electron chi connectivity index (χ1n) is 10.6. The van der Waals surface area contributed by atoms with Gasteiger partial charge in [-0.3, -0.25) is 19.8 Å². The first-order chi connectivity index (χ1) is 16.3. The highest BCUT2D eigenvalue weighted by Crippen LogP contribution is 2.36. The number of nitrogens with zero attached hydrogens (tertiary/aromatic N) is 1. The Hall–Kier alpha value is -4.28. The molecule has 1 atom stereocenters. The second kappa shape index (κ2) is 9.30. The molecule has 0 radical (unpaired) electrons. The van der Waals surface area contributed by atoms with E-state index in [1.807, 2.05) is 0 Å². The monoisotopic (exact) mass is 468 g/mol. The van der Waals surface area contributed by atoms with E-state index in [9.17, 15) is 19.2 Å². The minimum absolute atomic E-state index is 0.433. The van der Waals surface area contributed by atoms with Gasteiger partial charge in [0.1, 0.15) is 17.8 Å². The first-order valence-corrected chi connectivity index (χ1v) is 10.6. The number of methoxy groups -OCH3 is 1.